The summed E-state index contributed by atoms with van der Waals surface area (Å²) in [5.41, 5.74) is 0.926. The molecule has 4 heteroatoms. The van der Waals surface area contributed by atoms with E-state index in [1.165, 1.54) is 12.1 Å². The summed E-state index contributed by atoms with van der Waals surface area (Å²) in [5.74, 6) is 0. The van der Waals surface area contributed by atoms with Crippen molar-refractivity contribution in [3.8, 4) is 6.07 Å². The lowest BCUT2D eigenvalue weighted by atomic mass is 10.2. The van der Waals surface area contributed by atoms with E-state index in [4.69, 9.17) is 18.4 Å². The van der Waals surface area contributed by atoms with E-state index >= 15 is 0 Å². The molecule has 0 saturated heterocycles. The Morgan fingerprint density at radius 2 is 1.69 bits per heavy atom. The van der Waals surface area contributed by atoms with E-state index < -0.39 is 0 Å². The van der Waals surface area contributed by atoms with Crippen molar-refractivity contribution < 1.29 is 0 Å². The van der Waals surface area contributed by atoms with Gasteiger partial charge in [-0.05, 0) is 12.1 Å². The minimum atomic E-state index is 0.296. The number of halogens is 1. The first-order valence-corrected chi connectivity index (χ1v) is 4.00. The molecule has 0 saturated carbocycles. The molecule has 0 radical (unpaired) electrons. The Morgan fingerprint density at radius 1 is 1.23 bits per heavy atom. The van der Waals surface area contributed by atoms with Crippen molar-refractivity contribution in [1.82, 2.24) is 0 Å². The Labute approximate surface area is 84.0 Å². The molecule has 0 bridgehead atoms. The normalized spacial score (nSPS) is 8.15. The van der Waals surface area contributed by atoms with Crippen LogP contribution in [0.3, 0.4) is 0 Å². The van der Waals surface area contributed by atoms with Gasteiger partial charge in [0.25, 0.3) is 0 Å². The van der Waals surface area contributed by atoms with Gasteiger partial charge in [-0.1, -0.05) is 15.9 Å². The molecule has 13 heavy (non-hydrogen) atoms. The summed E-state index contributed by atoms with van der Waals surface area (Å²) < 4.78 is 0.455. The second-order valence-corrected chi connectivity index (χ2v) is 2.96. The molecule has 60 valence electrons. The summed E-state index contributed by atoms with van der Waals surface area (Å²) in [5, 5.41) is 8.60. The first-order chi connectivity index (χ1) is 6.22. The summed E-state index contributed by atoms with van der Waals surface area (Å²) in [6.07, 6.45) is 0. The molecule has 0 atom stereocenters. The van der Waals surface area contributed by atoms with Crippen LogP contribution in [-0.2, 0) is 0 Å². The second kappa shape index (κ2) is 3.72. The zero-order valence-electron chi connectivity index (χ0n) is 6.37. The molecule has 0 aliphatic rings. The SMILES string of the molecule is [C-]#[N+]c1cc(C#N)cc([N+]#[C-])c1Br. The Kier molecular flexibility index (Phi) is 2.65. The van der Waals surface area contributed by atoms with Crippen LogP contribution >= 0.6 is 15.9 Å². The molecular formula is C9H2BrN3. The van der Waals surface area contributed by atoms with Crippen LogP contribution in [0, 0.1) is 24.5 Å². The average Bonchev–Trinajstić information content (AvgIpc) is 2.18. The largest absolute Gasteiger partial charge is 0.238 e. The van der Waals surface area contributed by atoms with Crippen LogP contribution < -0.4 is 0 Å². The summed E-state index contributed by atoms with van der Waals surface area (Å²) >= 11 is 3.13. The molecule has 1 rings (SSSR count). The molecule has 0 aliphatic carbocycles. The molecule has 0 heterocycles. The van der Waals surface area contributed by atoms with Crippen molar-refractivity contribution >= 4 is 27.3 Å². The van der Waals surface area contributed by atoms with Crippen molar-refractivity contribution in [2.75, 3.05) is 0 Å². The van der Waals surface area contributed by atoms with Crippen LogP contribution in [0.5, 0.6) is 0 Å². The zero-order chi connectivity index (χ0) is 9.84. The maximum absolute atomic E-state index is 8.60. The quantitative estimate of drug-likeness (QED) is 0.630. The number of rotatable bonds is 0. The Hall–Kier alpha value is -1.83. The van der Waals surface area contributed by atoms with Gasteiger partial charge in [-0.3, -0.25) is 0 Å². The van der Waals surface area contributed by atoms with E-state index in [2.05, 4.69) is 25.6 Å². The van der Waals surface area contributed by atoms with Crippen LogP contribution in [0.25, 0.3) is 9.69 Å². The molecule has 0 fully saturated rings. The van der Waals surface area contributed by atoms with Crippen molar-refractivity contribution in [1.29, 1.82) is 5.26 Å². The fourth-order valence-corrected chi connectivity index (χ4v) is 1.23. The topological polar surface area (TPSA) is 32.5 Å². The third kappa shape index (κ3) is 1.67. The highest BCUT2D eigenvalue weighted by atomic mass is 79.9. The van der Waals surface area contributed by atoms with E-state index in [9.17, 15) is 0 Å². The summed E-state index contributed by atoms with van der Waals surface area (Å²) in [4.78, 5) is 6.39. The fourth-order valence-electron chi connectivity index (χ4n) is 0.821. The number of hydrogen-bond acceptors (Lipinski definition) is 1. The standard InChI is InChI=1S/C9H2BrN3/c1-12-7-3-6(5-11)4-8(13-2)9(7)10/h3-4H. The van der Waals surface area contributed by atoms with Gasteiger partial charge in [0.2, 0.25) is 0 Å². The number of nitrogens with zero attached hydrogens (tertiary/aromatic N) is 3. The third-order valence-electron chi connectivity index (χ3n) is 1.40. The first-order valence-electron chi connectivity index (χ1n) is 3.21. The highest BCUT2D eigenvalue weighted by Gasteiger charge is 2.07. The van der Waals surface area contributed by atoms with E-state index in [0.717, 1.165) is 0 Å². The molecular weight excluding hydrogens is 230 g/mol. The summed E-state index contributed by atoms with van der Waals surface area (Å²) in [6, 6.07) is 4.80. The van der Waals surface area contributed by atoms with E-state index in [1.54, 1.807) is 0 Å². The molecule has 0 amide bonds. The minimum absolute atomic E-state index is 0.296. The highest BCUT2D eigenvalue weighted by molar-refractivity contribution is 9.10. The van der Waals surface area contributed by atoms with Crippen LogP contribution in [0.4, 0.5) is 11.4 Å². The maximum Gasteiger partial charge on any atom is 0.192 e. The van der Waals surface area contributed by atoms with Gasteiger partial charge in [0.1, 0.15) is 0 Å². The smallest absolute Gasteiger partial charge is 0.192 e. The van der Waals surface area contributed by atoms with Gasteiger partial charge in [-0.15, -0.1) is 0 Å². The summed E-state index contributed by atoms with van der Waals surface area (Å²) in [6.45, 7) is 13.6. The van der Waals surface area contributed by atoms with Crippen LogP contribution in [-0.4, -0.2) is 0 Å². The number of benzene rings is 1. The molecule has 0 unspecified atom stereocenters. The van der Waals surface area contributed by atoms with E-state index in [1.807, 2.05) is 6.07 Å². The van der Waals surface area contributed by atoms with Gasteiger partial charge in [-0.25, -0.2) is 9.69 Å². The molecule has 3 nitrogen and oxygen atoms in total. The van der Waals surface area contributed by atoms with Gasteiger partial charge in [0, 0.05) is 10.0 Å². The Morgan fingerprint density at radius 3 is 2.00 bits per heavy atom. The molecule has 0 aliphatic heterocycles. The van der Waals surface area contributed by atoms with Crippen LogP contribution in [0.1, 0.15) is 5.56 Å². The van der Waals surface area contributed by atoms with E-state index in [0.29, 0.717) is 21.4 Å². The van der Waals surface area contributed by atoms with Gasteiger partial charge < -0.3 is 0 Å². The number of nitriles is 1. The molecule has 1 aromatic carbocycles. The fraction of sp³-hybridized carbons (Fsp3) is 0. The van der Waals surface area contributed by atoms with Gasteiger partial charge in [0.05, 0.1) is 19.2 Å². The highest BCUT2D eigenvalue weighted by Crippen LogP contribution is 2.35. The van der Waals surface area contributed by atoms with Crippen molar-refractivity contribution in [3.05, 3.63) is 45.0 Å². The predicted octanol–water partition coefficient (Wildman–Crippen LogP) is 3.42. The predicted molar refractivity (Wildman–Crippen MR) is 51.4 cm³/mol. The lowest BCUT2D eigenvalue weighted by Crippen LogP contribution is -1.74. The van der Waals surface area contributed by atoms with Crippen LogP contribution in [0.2, 0.25) is 0 Å². The molecule has 0 N–H and O–H groups in total. The van der Waals surface area contributed by atoms with Gasteiger partial charge in [0.15, 0.2) is 11.4 Å². The number of hydrogen-bond donors (Lipinski definition) is 0. The lowest BCUT2D eigenvalue weighted by Gasteiger charge is -1.98. The monoisotopic (exact) mass is 231 g/mol. The van der Waals surface area contributed by atoms with Crippen molar-refractivity contribution in [3.63, 3.8) is 0 Å². The average molecular weight is 232 g/mol. The lowest BCUT2D eigenvalue weighted by molar-refractivity contribution is 1.48. The molecule has 0 aromatic heterocycles. The van der Waals surface area contributed by atoms with Gasteiger partial charge >= 0.3 is 0 Å². The zero-order valence-corrected chi connectivity index (χ0v) is 7.96. The van der Waals surface area contributed by atoms with Gasteiger partial charge in [-0.2, -0.15) is 5.26 Å². The Bertz CT molecular complexity index is 436. The van der Waals surface area contributed by atoms with Crippen LogP contribution in [0.15, 0.2) is 16.6 Å². The molecule has 0 spiro atoms. The molecule has 1 aromatic rings. The van der Waals surface area contributed by atoms with Crippen molar-refractivity contribution in [2.24, 2.45) is 0 Å². The van der Waals surface area contributed by atoms with E-state index in [-0.39, 0.29) is 0 Å². The second-order valence-electron chi connectivity index (χ2n) is 2.16. The minimum Gasteiger partial charge on any atom is -0.238 e. The maximum atomic E-state index is 8.60. The third-order valence-corrected chi connectivity index (χ3v) is 2.22. The summed E-state index contributed by atoms with van der Waals surface area (Å²) in [7, 11) is 0. The first kappa shape index (κ1) is 9.26. The Balaban J connectivity index is 3.53. The van der Waals surface area contributed by atoms with Crippen molar-refractivity contribution in [2.45, 2.75) is 0 Å².